The number of aryl methyl sites for hydroxylation is 1. The van der Waals surface area contributed by atoms with Crippen LogP contribution in [0.25, 0.3) is 22.0 Å². The summed E-state index contributed by atoms with van der Waals surface area (Å²) in [5, 5.41) is 0.232. The minimum absolute atomic E-state index is 0.0645. The van der Waals surface area contributed by atoms with Crippen molar-refractivity contribution in [1.82, 2.24) is 14.5 Å². The van der Waals surface area contributed by atoms with Gasteiger partial charge in [0.1, 0.15) is 11.6 Å². The first-order chi connectivity index (χ1) is 18.0. The number of amides is 1. The van der Waals surface area contributed by atoms with Crippen LogP contribution in [0.1, 0.15) is 25.8 Å². The van der Waals surface area contributed by atoms with Crippen LogP contribution in [0, 0.1) is 5.82 Å². The number of carbonyl (C=O) groups is 1. The van der Waals surface area contributed by atoms with Crippen molar-refractivity contribution in [3.8, 4) is 11.1 Å². The fourth-order valence-corrected chi connectivity index (χ4v) is 6.75. The molecule has 1 amide bonds. The lowest BCUT2D eigenvalue weighted by Crippen LogP contribution is -2.58. The van der Waals surface area contributed by atoms with Crippen LogP contribution >= 0.6 is 11.8 Å². The average Bonchev–Trinajstić information content (AvgIpc) is 3.09. The Balaban J connectivity index is 1.79. The van der Waals surface area contributed by atoms with Crippen LogP contribution in [-0.4, -0.2) is 51.3 Å². The Hall–Kier alpha value is -3.34. The van der Waals surface area contributed by atoms with Gasteiger partial charge in [-0.25, -0.2) is 9.18 Å². The zero-order chi connectivity index (χ0) is 27.4. The standard InChI is InChI=1S/C27H26F4N4O2S/c1-4-21(36)35-15(2)13-33(14-16(35)3)25-19-12-20(27(29,30)31)22(17-6-8-18(28)9-7-17)24-23(19)34(26(37)32-25)10-5-11-38-24/h4,6-9,12,15-16H,1,5,10-11,13-14H2,2-3H3/t15-,16+. The Kier molecular flexibility index (Phi) is 6.75. The first-order valence-electron chi connectivity index (χ1n) is 12.3. The van der Waals surface area contributed by atoms with Crippen molar-refractivity contribution in [2.24, 2.45) is 0 Å². The SMILES string of the molecule is C=CC(=O)N1[C@H](C)CN(c2nc(=O)n3c4c(c(-c5ccc(F)cc5)c(C(F)(F)F)cc24)SCCC3)C[C@@H]1C. The molecule has 1 saturated heterocycles. The molecule has 0 radical (unpaired) electrons. The number of anilines is 1. The molecule has 1 aromatic heterocycles. The van der Waals surface area contributed by atoms with Crippen molar-refractivity contribution in [3.05, 3.63) is 64.9 Å². The van der Waals surface area contributed by atoms with Gasteiger partial charge in [0.05, 0.1) is 11.1 Å². The average molecular weight is 547 g/mol. The smallest absolute Gasteiger partial charge is 0.352 e. The molecule has 3 aromatic rings. The van der Waals surface area contributed by atoms with Crippen molar-refractivity contribution in [3.63, 3.8) is 0 Å². The number of hydrogen-bond acceptors (Lipinski definition) is 5. The van der Waals surface area contributed by atoms with Gasteiger partial charge in [-0.05, 0) is 55.9 Å². The molecule has 0 unspecified atom stereocenters. The number of aromatic nitrogens is 2. The van der Waals surface area contributed by atoms with Gasteiger partial charge in [0.15, 0.2) is 0 Å². The Morgan fingerprint density at radius 3 is 2.42 bits per heavy atom. The van der Waals surface area contributed by atoms with Gasteiger partial charge in [0.25, 0.3) is 0 Å². The molecule has 2 aromatic carbocycles. The molecule has 5 rings (SSSR count). The van der Waals surface area contributed by atoms with Gasteiger partial charge in [-0.2, -0.15) is 18.2 Å². The number of piperazine rings is 1. The summed E-state index contributed by atoms with van der Waals surface area (Å²) >= 11 is 1.27. The zero-order valence-corrected chi connectivity index (χ0v) is 21.7. The number of nitrogens with zero attached hydrogens (tertiary/aromatic N) is 4. The van der Waals surface area contributed by atoms with Crippen molar-refractivity contribution >= 4 is 34.4 Å². The van der Waals surface area contributed by atoms with E-state index in [4.69, 9.17) is 0 Å². The molecule has 0 N–H and O–H groups in total. The summed E-state index contributed by atoms with van der Waals surface area (Å²) in [5.74, 6) is -0.101. The van der Waals surface area contributed by atoms with Crippen LogP contribution < -0.4 is 10.6 Å². The first-order valence-corrected chi connectivity index (χ1v) is 13.3. The van der Waals surface area contributed by atoms with E-state index in [2.05, 4.69) is 11.6 Å². The number of thioether (sulfide) groups is 1. The summed E-state index contributed by atoms with van der Waals surface area (Å²) in [6, 6.07) is 5.42. The number of carbonyl (C=O) groups excluding carboxylic acids is 1. The lowest BCUT2D eigenvalue weighted by atomic mass is 9.96. The summed E-state index contributed by atoms with van der Waals surface area (Å²) in [4.78, 5) is 33.8. The maximum absolute atomic E-state index is 14.6. The van der Waals surface area contributed by atoms with Gasteiger partial charge in [-0.1, -0.05) is 18.7 Å². The quantitative estimate of drug-likeness (QED) is 0.329. The summed E-state index contributed by atoms with van der Waals surface area (Å²) in [6.07, 6.45) is -2.89. The largest absolute Gasteiger partial charge is 0.417 e. The van der Waals surface area contributed by atoms with Crippen LogP contribution in [0.15, 0.2) is 52.7 Å². The number of halogens is 4. The Labute approximate surface area is 220 Å². The van der Waals surface area contributed by atoms with Gasteiger partial charge in [0, 0.05) is 47.6 Å². The highest BCUT2D eigenvalue weighted by atomic mass is 32.2. The molecule has 11 heteroatoms. The summed E-state index contributed by atoms with van der Waals surface area (Å²) < 4.78 is 58.9. The number of benzene rings is 2. The number of alkyl halides is 3. The third-order valence-electron chi connectivity index (χ3n) is 7.06. The number of hydrogen-bond donors (Lipinski definition) is 0. The van der Waals surface area contributed by atoms with Crippen LogP contribution in [0.5, 0.6) is 0 Å². The molecule has 2 aliphatic rings. The van der Waals surface area contributed by atoms with Crippen LogP contribution in [0.4, 0.5) is 23.4 Å². The minimum Gasteiger partial charge on any atom is -0.352 e. The maximum Gasteiger partial charge on any atom is 0.417 e. The monoisotopic (exact) mass is 546 g/mol. The van der Waals surface area contributed by atoms with E-state index in [1.165, 1.54) is 34.5 Å². The van der Waals surface area contributed by atoms with E-state index in [1.54, 1.807) is 9.80 Å². The Morgan fingerprint density at radius 2 is 1.82 bits per heavy atom. The molecule has 0 saturated carbocycles. The van der Waals surface area contributed by atoms with E-state index in [0.29, 0.717) is 42.2 Å². The second-order valence-electron chi connectivity index (χ2n) is 9.65. The fraction of sp³-hybridized carbons (Fsp3) is 0.370. The van der Waals surface area contributed by atoms with E-state index in [9.17, 15) is 27.2 Å². The topological polar surface area (TPSA) is 58.4 Å². The molecule has 0 aliphatic carbocycles. The molecular weight excluding hydrogens is 520 g/mol. The molecule has 2 aliphatic heterocycles. The lowest BCUT2D eigenvalue weighted by molar-refractivity contribution is -0.137. The van der Waals surface area contributed by atoms with Gasteiger partial charge in [-0.3, -0.25) is 9.36 Å². The van der Waals surface area contributed by atoms with E-state index < -0.39 is 23.2 Å². The Bertz CT molecular complexity index is 1470. The first kappa shape index (κ1) is 26.3. The van der Waals surface area contributed by atoms with Gasteiger partial charge in [0.2, 0.25) is 5.91 Å². The molecule has 0 spiro atoms. The van der Waals surface area contributed by atoms with Gasteiger partial charge >= 0.3 is 11.9 Å². The molecule has 0 bridgehead atoms. The number of rotatable bonds is 3. The summed E-state index contributed by atoms with van der Waals surface area (Å²) in [5.41, 5.74) is -0.840. The van der Waals surface area contributed by atoms with E-state index in [1.807, 2.05) is 13.8 Å². The van der Waals surface area contributed by atoms with E-state index in [-0.39, 0.29) is 40.3 Å². The Morgan fingerprint density at radius 1 is 1.16 bits per heavy atom. The predicted molar refractivity (Wildman–Crippen MR) is 140 cm³/mol. The zero-order valence-electron chi connectivity index (χ0n) is 20.9. The molecule has 1 fully saturated rings. The van der Waals surface area contributed by atoms with E-state index in [0.717, 1.165) is 18.2 Å². The van der Waals surface area contributed by atoms with Crippen LogP contribution in [-0.2, 0) is 17.5 Å². The van der Waals surface area contributed by atoms with Crippen LogP contribution in [0.3, 0.4) is 0 Å². The predicted octanol–water partition coefficient (Wildman–Crippen LogP) is 5.33. The highest BCUT2D eigenvalue weighted by Gasteiger charge is 2.39. The molecule has 2 atom stereocenters. The molecule has 38 heavy (non-hydrogen) atoms. The highest BCUT2D eigenvalue weighted by Crippen LogP contribution is 2.48. The fourth-order valence-electron chi connectivity index (χ4n) is 5.54. The molecular formula is C27H26F4N4O2S. The van der Waals surface area contributed by atoms with Crippen molar-refractivity contribution in [2.75, 3.05) is 23.7 Å². The van der Waals surface area contributed by atoms with Crippen molar-refractivity contribution in [1.29, 1.82) is 0 Å². The van der Waals surface area contributed by atoms with Crippen LogP contribution in [0.2, 0.25) is 0 Å². The molecule has 200 valence electrons. The van der Waals surface area contributed by atoms with Crippen molar-refractivity contribution < 1.29 is 22.4 Å². The second kappa shape index (κ2) is 9.76. The third-order valence-corrected chi connectivity index (χ3v) is 8.24. The third kappa shape index (κ3) is 4.46. The summed E-state index contributed by atoms with van der Waals surface area (Å²) in [7, 11) is 0. The second-order valence-corrected chi connectivity index (χ2v) is 10.8. The lowest BCUT2D eigenvalue weighted by Gasteiger charge is -2.44. The maximum atomic E-state index is 14.6. The minimum atomic E-state index is -4.71. The normalized spacial score (nSPS) is 19.9. The van der Waals surface area contributed by atoms with Gasteiger partial charge in [-0.15, -0.1) is 11.8 Å². The van der Waals surface area contributed by atoms with E-state index >= 15 is 0 Å². The summed E-state index contributed by atoms with van der Waals surface area (Å²) in [6.45, 7) is 8.15. The van der Waals surface area contributed by atoms with Gasteiger partial charge < -0.3 is 9.80 Å². The van der Waals surface area contributed by atoms with Crippen molar-refractivity contribution in [2.45, 2.75) is 50.0 Å². The molecule has 6 nitrogen and oxygen atoms in total. The molecule has 3 heterocycles. The highest BCUT2D eigenvalue weighted by molar-refractivity contribution is 7.99.